The second-order valence-electron chi connectivity index (χ2n) is 3.57. The van der Waals surface area contributed by atoms with Crippen LogP contribution >= 0.6 is 0 Å². The summed E-state index contributed by atoms with van der Waals surface area (Å²) in [4.78, 5) is 0. The van der Waals surface area contributed by atoms with E-state index in [1.165, 1.54) is 0 Å². The molecule has 0 atom stereocenters. The molecule has 18 heavy (non-hydrogen) atoms. The van der Waals surface area contributed by atoms with Gasteiger partial charge in [-0.2, -0.15) is 8.42 Å². The second-order valence-corrected chi connectivity index (χ2v) is 4.20. The molecule has 0 bridgehead atoms. The predicted octanol–water partition coefficient (Wildman–Crippen LogP) is 1.84. The zero-order valence-electron chi connectivity index (χ0n) is 8.62. The van der Waals surface area contributed by atoms with Crippen molar-refractivity contribution in [3.8, 4) is 5.75 Å². The first-order chi connectivity index (χ1) is 8.24. The minimum atomic E-state index is -2.89. The number of hydrogen-bond acceptors (Lipinski definition) is 4. The van der Waals surface area contributed by atoms with Gasteiger partial charge in [-0.05, 0) is 24.3 Å². The van der Waals surface area contributed by atoms with Gasteiger partial charge in [0.15, 0.2) is 0 Å². The van der Waals surface area contributed by atoms with Crippen LogP contribution in [0.3, 0.4) is 0 Å². The molecule has 2 aromatic carbocycles. The minimum absolute atomic E-state index is 0. The molecule has 0 aliphatic carbocycles. The fourth-order valence-electron chi connectivity index (χ4n) is 1.85. The SMILES string of the molecule is O=[SH](=O)Oc1ccc2oc3ccccc3c2c1.[NaH]. The molecule has 0 radical (unpaired) electrons. The molecule has 0 fully saturated rings. The van der Waals surface area contributed by atoms with Crippen molar-refractivity contribution >= 4 is 62.5 Å². The Morgan fingerprint density at radius 1 is 0.944 bits per heavy atom. The van der Waals surface area contributed by atoms with E-state index in [2.05, 4.69) is 4.18 Å². The average molecular weight is 272 g/mol. The molecule has 6 heteroatoms. The summed E-state index contributed by atoms with van der Waals surface area (Å²) in [5.74, 6) is 0.292. The van der Waals surface area contributed by atoms with E-state index in [-0.39, 0.29) is 29.6 Å². The van der Waals surface area contributed by atoms with E-state index in [0.717, 1.165) is 16.4 Å². The molecular weight excluding hydrogens is 263 g/mol. The summed E-state index contributed by atoms with van der Waals surface area (Å²) in [6.07, 6.45) is 0. The molecule has 0 unspecified atom stereocenters. The fourth-order valence-corrected chi connectivity index (χ4v) is 2.13. The summed E-state index contributed by atoms with van der Waals surface area (Å²) < 4.78 is 31.3. The number of thiol groups is 1. The van der Waals surface area contributed by atoms with Crippen molar-refractivity contribution in [2.24, 2.45) is 0 Å². The summed E-state index contributed by atoms with van der Waals surface area (Å²) in [5.41, 5.74) is 1.48. The van der Waals surface area contributed by atoms with Gasteiger partial charge in [-0.15, -0.1) is 0 Å². The second kappa shape index (κ2) is 5.32. The fraction of sp³-hybridized carbons (Fsp3) is 0. The van der Waals surface area contributed by atoms with E-state index < -0.39 is 11.0 Å². The zero-order chi connectivity index (χ0) is 11.8. The molecule has 0 spiro atoms. The monoisotopic (exact) mass is 272 g/mol. The van der Waals surface area contributed by atoms with E-state index in [0.29, 0.717) is 11.3 Å². The predicted molar refractivity (Wildman–Crippen MR) is 71.8 cm³/mol. The van der Waals surface area contributed by atoms with E-state index in [9.17, 15) is 8.42 Å². The van der Waals surface area contributed by atoms with Gasteiger partial charge in [0.25, 0.3) is 11.0 Å². The van der Waals surface area contributed by atoms with Crippen LogP contribution in [0, 0.1) is 0 Å². The van der Waals surface area contributed by atoms with Gasteiger partial charge in [-0.3, -0.25) is 0 Å². The van der Waals surface area contributed by atoms with E-state index in [1.807, 2.05) is 24.3 Å². The Hall–Kier alpha value is -1.01. The van der Waals surface area contributed by atoms with Crippen molar-refractivity contribution in [2.75, 3.05) is 0 Å². The van der Waals surface area contributed by atoms with Crippen molar-refractivity contribution in [1.82, 2.24) is 0 Å². The molecule has 0 aliphatic rings. The Bertz CT molecular complexity index is 768. The van der Waals surface area contributed by atoms with Crippen LogP contribution in [-0.2, 0) is 11.0 Å². The van der Waals surface area contributed by atoms with Crippen LogP contribution < -0.4 is 4.18 Å². The molecule has 88 valence electrons. The van der Waals surface area contributed by atoms with Crippen molar-refractivity contribution in [2.45, 2.75) is 0 Å². The molecule has 0 amide bonds. The quantitative estimate of drug-likeness (QED) is 0.571. The van der Waals surface area contributed by atoms with Gasteiger partial charge in [0, 0.05) is 10.8 Å². The number of rotatable bonds is 2. The third-order valence-electron chi connectivity index (χ3n) is 2.53. The summed E-state index contributed by atoms with van der Waals surface area (Å²) >= 11 is 0. The maximum atomic E-state index is 10.5. The Morgan fingerprint density at radius 3 is 2.44 bits per heavy atom. The molecule has 1 heterocycles. The molecule has 4 nitrogen and oxygen atoms in total. The first-order valence-corrected chi connectivity index (χ1v) is 6.07. The Morgan fingerprint density at radius 2 is 1.67 bits per heavy atom. The van der Waals surface area contributed by atoms with Gasteiger partial charge in [0.2, 0.25) is 0 Å². The number of benzene rings is 2. The summed E-state index contributed by atoms with van der Waals surface area (Å²) in [6.45, 7) is 0. The van der Waals surface area contributed by atoms with Gasteiger partial charge < -0.3 is 8.60 Å². The van der Waals surface area contributed by atoms with Crippen LogP contribution in [-0.4, -0.2) is 38.0 Å². The topological polar surface area (TPSA) is 56.5 Å². The van der Waals surface area contributed by atoms with Gasteiger partial charge in [0.1, 0.15) is 16.9 Å². The number of fused-ring (bicyclic) bond motifs is 3. The standard InChI is InChI=1S/C12H8O4S.Na.H/c13-17(14)16-8-5-6-12-10(7-8)9-3-1-2-4-11(9)15-12;;/h1-7,17H;;. The van der Waals surface area contributed by atoms with E-state index in [1.54, 1.807) is 18.2 Å². The van der Waals surface area contributed by atoms with Gasteiger partial charge in [-0.25, -0.2) is 0 Å². The molecule has 3 aromatic rings. The molecule has 0 aliphatic heterocycles. The first-order valence-electron chi connectivity index (χ1n) is 4.98. The Labute approximate surface area is 127 Å². The van der Waals surface area contributed by atoms with Crippen LogP contribution in [0.2, 0.25) is 0 Å². The summed E-state index contributed by atoms with van der Waals surface area (Å²) in [7, 11) is -2.89. The third kappa shape index (κ3) is 2.40. The molecule has 0 N–H and O–H groups in total. The molecule has 0 saturated carbocycles. The van der Waals surface area contributed by atoms with E-state index >= 15 is 0 Å². The number of furan rings is 1. The Balaban J connectivity index is 0.00000120. The molecule has 1 aromatic heterocycles. The molecule has 0 saturated heterocycles. The van der Waals surface area contributed by atoms with Crippen molar-refractivity contribution in [1.29, 1.82) is 0 Å². The molecular formula is C12H9NaO4S. The number of hydrogen-bond donors (Lipinski definition) is 1. The Kier molecular flexibility index (Phi) is 3.97. The summed E-state index contributed by atoms with van der Waals surface area (Å²) in [6, 6.07) is 12.5. The van der Waals surface area contributed by atoms with Crippen molar-refractivity contribution in [3.05, 3.63) is 42.5 Å². The zero-order valence-corrected chi connectivity index (χ0v) is 9.52. The van der Waals surface area contributed by atoms with Crippen LogP contribution in [0.5, 0.6) is 5.75 Å². The number of para-hydroxylation sites is 1. The van der Waals surface area contributed by atoms with E-state index in [4.69, 9.17) is 4.42 Å². The molecule has 3 rings (SSSR count). The normalized spacial score (nSPS) is 10.7. The summed E-state index contributed by atoms with van der Waals surface area (Å²) in [5, 5.41) is 1.78. The van der Waals surface area contributed by atoms with Gasteiger partial charge in [0.05, 0.1) is 0 Å². The average Bonchev–Trinajstić information content (AvgIpc) is 2.66. The van der Waals surface area contributed by atoms with Gasteiger partial charge in [-0.1, -0.05) is 18.2 Å². The maximum absolute atomic E-state index is 10.5. The van der Waals surface area contributed by atoms with Crippen molar-refractivity contribution < 1.29 is 17.0 Å². The third-order valence-corrected chi connectivity index (χ3v) is 2.89. The van der Waals surface area contributed by atoms with Gasteiger partial charge >= 0.3 is 29.6 Å². The first kappa shape index (κ1) is 13.4. The van der Waals surface area contributed by atoms with Crippen LogP contribution in [0.4, 0.5) is 0 Å². The van der Waals surface area contributed by atoms with Crippen LogP contribution in [0.1, 0.15) is 0 Å². The van der Waals surface area contributed by atoms with Crippen LogP contribution in [0.15, 0.2) is 46.9 Å². The van der Waals surface area contributed by atoms with Crippen LogP contribution in [0.25, 0.3) is 21.9 Å². The van der Waals surface area contributed by atoms with Crippen molar-refractivity contribution in [3.63, 3.8) is 0 Å².